The Hall–Kier alpha value is 0. The Morgan fingerprint density at radius 2 is 0.917 bits per heavy atom. The van der Waals surface area contributed by atoms with Crippen LogP contribution in [0.2, 0.25) is 0 Å². The van der Waals surface area contributed by atoms with E-state index in [1.807, 2.05) is 0 Å². The van der Waals surface area contributed by atoms with Gasteiger partial charge in [0.05, 0.1) is 0 Å². The summed E-state index contributed by atoms with van der Waals surface area (Å²) in [6.07, 6.45) is 5.41. The topological polar surface area (TPSA) is 0 Å². The first-order valence-electron chi connectivity index (χ1n) is 5.54. The van der Waals surface area contributed by atoms with Crippen LogP contribution in [0.1, 0.15) is 67.2 Å². The predicted molar refractivity (Wildman–Crippen MR) is 59.5 cm³/mol. The maximum absolute atomic E-state index is 2.25. The summed E-state index contributed by atoms with van der Waals surface area (Å²) in [5, 5.41) is 0. The highest BCUT2D eigenvalue weighted by Crippen LogP contribution is 2.00. The van der Waals surface area contributed by atoms with E-state index in [-0.39, 0.29) is 0 Å². The van der Waals surface area contributed by atoms with Crippen LogP contribution in [0.4, 0.5) is 0 Å². The van der Waals surface area contributed by atoms with Crippen LogP contribution in [-0.2, 0) is 0 Å². The molecule has 0 rings (SSSR count). The van der Waals surface area contributed by atoms with E-state index in [0.29, 0.717) is 0 Å². The molecule has 0 radical (unpaired) electrons. The maximum Gasteiger partial charge on any atom is -0.0471 e. The van der Waals surface area contributed by atoms with E-state index in [9.17, 15) is 0 Å². The normalized spacial score (nSPS) is 10.0. The van der Waals surface area contributed by atoms with Gasteiger partial charge in [-0.1, -0.05) is 67.2 Å². The SMILES string of the molecule is CCCC(C)C.CCCC(C)C. The van der Waals surface area contributed by atoms with Crippen LogP contribution < -0.4 is 0 Å². The third-order valence-electron chi connectivity index (χ3n) is 1.73. The van der Waals surface area contributed by atoms with Gasteiger partial charge in [0.15, 0.2) is 0 Å². The Kier molecular flexibility index (Phi) is 13.3. The summed E-state index contributed by atoms with van der Waals surface area (Å²) in [5.41, 5.74) is 0. The highest BCUT2D eigenvalue weighted by atomic mass is 13.9. The van der Waals surface area contributed by atoms with Gasteiger partial charge in [-0.05, 0) is 11.8 Å². The lowest BCUT2D eigenvalue weighted by Gasteiger charge is -1.95. The van der Waals surface area contributed by atoms with E-state index in [1.165, 1.54) is 25.7 Å². The minimum Gasteiger partial charge on any atom is -0.0654 e. The molecule has 0 nitrogen and oxygen atoms in total. The first-order chi connectivity index (χ1) is 5.54. The zero-order valence-electron chi connectivity index (χ0n) is 9.98. The molecule has 0 atom stereocenters. The Bertz CT molecular complexity index is 52.4. The highest BCUT2D eigenvalue weighted by molar-refractivity contribution is 4.39. The predicted octanol–water partition coefficient (Wildman–Crippen LogP) is 4.89. The summed E-state index contributed by atoms with van der Waals surface area (Å²) in [5.74, 6) is 1.80. The van der Waals surface area contributed by atoms with Crippen LogP contribution in [0, 0.1) is 11.8 Å². The van der Waals surface area contributed by atoms with Gasteiger partial charge < -0.3 is 0 Å². The molecule has 0 N–H and O–H groups in total. The summed E-state index contributed by atoms with van der Waals surface area (Å²) in [6.45, 7) is 13.5. The van der Waals surface area contributed by atoms with E-state index < -0.39 is 0 Å². The molecule has 0 bridgehead atoms. The van der Waals surface area contributed by atoms with Crippen molar-refractivity contribution in [1.82, 2.24) is 0 Å². The lowest BCUT2D eigenvalue weighted by atomic mass is 10.1. The molecule has 0 aromatic carbocycles. The fraction of sp³-hybridized carbons (Fsp3) is 1.00. The second-order valence-corrected chi connectivity index (χ2v) is 4.37. The summed E-state index contributed by atoms with van der Waals surface area (Å²) in [7, 11) is 0. The Labute approximate surface area is 79.8 Å². The zero-order chi connectivity index (χ0) is 9.98. The Morgan fingerprint density at radius 1 is 0.667 bits per heavy atom. The molecule has 12 heavy (non-hydrogen) atoms. The van der Waals surface area contributed by atoms with Crippen molar-refractivity contribution in [2.75, 3.05) is 0 Å². The zero-order valence-corrected chi connectivity index (χ0v) is 9.98. The molecule has 0 saturated heterocycles. The standard InChI is InChI=1S/2C6H14/c2*1-4-5-6(2)3/h2*6H,4-5H2,1-3H3. The van der Waals surface area contributed by atoms with Crippen LogP contribution in [-0.4, -0.2) is 0 Å². The summed E-state index contributed by atoms with van der Waals surface area (Å²) in [4.78, 5) is 0. The lowest BCUT2D eigenvalue weighted by molar-refractivity contribution is 0.576. The van der Waals surface area contributed by atoms with Crippen molar-refractivity contribution >= 4 is 0 Å². The van der Waals surface area contributed by atoms with Gasteiger partial charge in [-0.3, -0.25) is 0 Å². The molecular formula is C12H28. The molecule has 76 valence electrons. The van der Waals surface area contributed by atoms with Crippen LogP contribution in [0.5, 0.6) is 0 Å². The van der Waals surface area contributed by atoms with Crippen molar-refractivity contribution in [3.8, 4) is 0 Å². The second-order valence-electron chi connectivity index (χ2n) is 4.37. The quantitative estimate of drug-likeness (QED) is 0.566. The Morgan fingerprint density at radius 3 is 0.917 bits per heavy atom. The van der Waals surface area contributed by atoms with Gasteiger partial charge in [-0.25, -0.2) is 0 Å². The largest absolute Gasteiger partial charge is 0.0654 e. The molecule has 0 spiro atoms. The van der Waals surface area contributed by atoms with E-state index in [1.54, 1.807) is 0 Å². The Balaban J connectivity index is 0. The summed E-state index contributed by atoms with van der Waals surface area (Å²) in [6, 6.07) is 0. The van der Waals surface area contributed by atoms with Gasteiger partial charge in [-0.15, -0.1) is 0 Å². The minimum absolute atomic E-state index is 0.898. The number of hydrogen-bond donors (Lipinski definition) is 0. The lowest BCUT2D eigenvalue weighted by Crippen LogP contribution is -1.81. The maximum atomic E-state index is 2.25. The molecule has 0 aliphatic carbocycles. The third kappa shape index (κ3) is 22.5. The van der Waals surface area contributed by atoms with Gasteiger partial charge in [-0.2, -0.15) is 0 Å². The van der Waals surface area contributed by atoms with Crippen LogP contribution in [0.25, 0.3) is 0 Å². The summed E-state index contributed by atoms with van der Waals surface area (Å²) >= 11 is 0. The van der Waals surface area contributed by atoms with E-state index in [0.717, 1.165) is 11.8 Å². The molecule has 0 aliphatic heterocycles. The van der Waals surface area contributed by atoms with Crippen molar-refractivity contribution in [3.05, 3.63) is 0 Å². The molecule has 0 aromatic heterocycles. The van der Waals surface area contributed by atoms with E-state index in [4.69, 9.17) is 0 Å². The molecule has 0 fully saturated rings. The molecule has 0 saturated carbocycles. The molecule has 0 aromatic rings. The van der Waals surface area contributed by atoms with Crippen LogP contribution in [0.15, 0.2) is 0 Å². The van der Waals surface area contributed by atoms with Crippen molar-refractivity contribution in [1.29, 1.82) is 0 Å². The van der Waals surface area contributed by atoms with Crippen LogP contribution in [0.3, 0.4) is 0 Å². The van der Waals surface area contributed by atoms with Crippen molar-refractivity contribution in [2.24, 2.45) is 11.8 Å². The fourth-order valence-corrected chi connectivity index (χ4v) is 1.15. The van der Waals surface area contributed by atoms with Gasteiger partial charge in [0, 0.05) is 0 Å². The van der Waals surface area contributed by atoms with E-state index in [2.05, 4.69) is 41.5 Å². The molecule has 0 heterocycles. The second kappa shape index (κ2) is 11.0. The average Bonchev–Trinajstić information content (AvgIpc) is 1.87. The van der Waals surface area contributed by atoms with Gasteiger partial charge in [0.1, 0.15) is 0 Å². The van der Waals surface area contributed by atoms with Crippen molar-refractivity contribution in [2.45, 2.75) is 67.2 Å². The first kappa shape index (κ1) is 14.5. The molecule has 0 heteroatoms. The smallest absolute Gasteiger partial charge is 0.0471 e. The molecule has 0 amide bonds. The van der Waals surface area contributed by atoms with Gasteiger partial charge in [0.25, 0.3) is 0 Å². The molecule has 0 unspecified atom stereocenters. The monoisotopic (exact) mass is 172 g/mol. The molecule has 0 aliphatic rings. The minimum atomic E-state index is 0.898. The third-order valence-corrected chi connectivity index (χ3v) is 1.73. The summed E-state index contributed by atoms with van der Waals surface area (Å²) < 4.78 is 0. The fourth-order valence-electron chi connectivity index (χ4n) is 1.15. The van der Waals surface area contributed by atoms with E-state index >= 15 is 0 Å². The van der Waals surface area contributed by atoms with Gasteiger partial charge in [0.2, 0.25) is 0 Å². The van der Waals surface area contributed by atoms with Crippen LogP contribution >= 0.6 is 0 Å². The first-order valence-corrected chi connectivity index (χ1v) is 5.54. The van der Waals surface area contributed by atoms with Gasteiger partial charge >= 0.3 is 0 Å². The number of hydrogen-bond acceptors (Lipinski definition) is 0. The molecular weight excluding hydrogens is 144 g/mol. The highest BCUT2D eigenvalue weighted by Gasteiger charge is 1.86. The number of rotatable bonds is 4. The average molecular weight is 172 g/mol. The van der Waals surface area contributed by atoms with Crippen molar-refractivity contribution < 1.29 is 0 Å². The van der Waals surface area contributed by atoms with Crippen molar-refractivity contribution in [3.63, 3.8) is 0 Å².